The highest BCUT2D eigenvalue weighted by molar-refractivity contribution is 5.90. The first-order valence-electron chi connectivity index (χ1n) is 4.98. The number of hydrogen-bond donors (Lipinski definition) is 0. The lowest BCUT2D eigenvalue weighted by atomic mass is 9.97. The molecule has 0 saturated heterocycles. The summed E-state index contributed by atoms with van der Waals surface area (Å²) in [5.41, 5.74) is -0.0215. The Morgan fingerprint density at radius 1 is 1.53 bits per heavy atom. The predicted molar refractivity (Wildman–Crippen MR) is 56.8 cm³/mol. The van der Waals surface area contributed by atoms with Crippen molar-refractivity contribution in [3.05, 3.63) is 34.4 Å². The van der Waals surface area contributed by atoms with Gasteiger partial charge in [0.2, 0.25) is 0 Å². The number of carbonyl (C=O) groups is 1. The van der Waals surface area contributed by atoms with E-state index in [1.54, 1.807) is 13.0 Å². The van der Waals surface area contributed by atoms with Gasteiger partial charge in [0, 0.05) is 5.56 Å². The number of carbonyl (C=O) groups excluding carboxylic acids is 1. The SMILES string of the molecule is CCc1cc(C(=O)OC)cc(C(F)F)c1C#N. The number of ether oxygens (including phenoxy) is 1. The number of nitriles is 1. The Balaban J connectivity index is 3.47. The number of hydrogen-bond acceptors (Lipinski definition) is 3. The molecule has 0 N–H and O–H groups in total. The minimum atomic E-state index is -2.79. The molecule has 0 spiro atoms. The number of halogens is 2. The third kappa shape index (κ3) is 2.59. The van der Waals surface area contributed by atoms with Crippen LogP contribution < -0.4 is 0 Å². The van der Waals surface area contributed by atoms with Crippen LogP contribution in [-0.4, -0.2) is 13.1 Å². The molecule has 1 aromatic rings. The highest BCUT2D eigenvalue weighted by Gasteiger charge is 2.19. The van der Waals surface area contributed by atoms with Crippen LogP contribution >= 0.6 is 0 Å². The lowest BCUT2D eigenvalue weighted by Gasteiger charge is -2.10. The summed E-state index contributed by atoms with van der Waals surface area (Å²) >= 11 is 0. The van der Waals surface area contributed by atoms with E-state index in [1.165, 1.54) is 13.2 Å². The van der Waals surface area contributed by atoms with E-state index in [0.717, 1.165) is 6.07 Å². The van der Waals surface area contributed by atoms with Crippen LogP contribution in [-0.2, 0) is 11.2 Å². The van der Waals surface area contributed by atoms with Crippen molar-refractivity contribution >= 4 is 5.97 Å². The molecule has 0 atom stereocenters. The van der Waals surface area contributed by atoms with Gasteiger partial charge in [-0.25, -0.2) is 13.6 Å². The topological polar surface area (TPSA) is 50.1 Å². The molecule has 90 valence electrons. The third-order valence-corrected chi connectivity index (χ3v) is 2.40. The molecule has 17 heavy (non-hydrogen) atoms. The molecule has 3 nitrogen and oxygen atoms in total. The molecule has 0 aliphatic rings. The Kier molecular flexibility index (Phi) is 4.16. The number of rotatable bonds is 3. The number of esters is 1. The molecule has 0 aromatic heterocycles. The van der Waals surface area contributed by atoms with Gasteiger partial charge in [-0.1, -0.05) is 6.92 Å². The van der Waals surface area contributed by atoms with Crippen molar-refractivity contribution in [1.29, 1.82) is 5.26 Å². The number of nitrogens with zero attached hydrogens (tertiary/aromatic N) is 1. The quantitative estimate of drug-likeness (QED) is 0.762. The predicted octanol–water partition coefficient (Wildman–Crippen LogP) is 2.84. The highest BCUT2D eigenvalue weighted by atomic mass is 19.3. The van der Waals surface area contributed by atoms with Gasteiger partial charge in [-0.05, 0) is 24.1 Å². The maximum atomic E-state index is 12.8. The van der Waals surface area contributed by atoms with Crippen LogP contribution in [0.5, 0.6) is 0 Å². The van der Waals surface area contributed by atoms with Gasteiger partial charge in [-0.15, -0.1) is 0 Å². The molecule has 0 radical (unpaired) electrons. The van der Waals surface area contributed by atoms with E-state index >= 15 is 0 Å². The molecule has 0 aliphatic heterocycles. The van der Waals surface area contributed by atoms with Gasteiger partial charge < -0.3 is 4.74 Å². The van der Waals surface area contributed by atoms with Crippen molar-refractivity contribution in [2.75, 3.05) is 7.11 Å². The normalized spacial score (nSPS) is 10.1. The monoisotopic (exact) mass is 239 g/mol. The Bertz CT molecular complexity index is 478. The summed E-state index contributed by atoms with van der Waals surface area (Å²) in [5.74, 6) is -0.689. The zero-order chi connectivity index (χ0) is 13.0. The van der Waals surface area contributed by atoms with E-state index in [1.807, 2.05) is 0 Å². The molecular weight excluding hydrogens is 228 g/mol. The zero-order valence-corrected chi connectivity index (χ0v) is 9.46. The number of aryl methyl sites for hydroxylation is 1. The van der Waals surface area contributed by atoms with E-state index in [9.17, 15) is 13.6 Å². The van der Waals surface area contributed by atoms with Crippen LogP contribution in [0.25, 0.3) is 0 Å². The number of methoxy groups -OCH3 is 1. The molecule has 0 amide bonds. The van der Waals surface area contributed by atoms with Crippen LogP contribution in [0.15, 0.2) is 12.1 Å². The Labute approximate surface area is 97.6 Å². The van der Waals surface area contributed by atoms with Crippen molar-refractivity contribution in [1.82, 2.24) is 0 Å². The minimum Gasteiger partial charge on any atom is -0.465 e. The van der Waals surface area contributed by atoms with Crippen LogP contribution in [0.1, 0.15) is 40.4 Å². The van der Waals surface area contributed by atoms with Crippen molar-refractivity contribution < 1.29 is 18.3 Å². The fourth-order valence-electron chi connectivity index (χ4n) is 1.55. The maximum Gasteiger partial charge on any atom is 0.337 e. The van der Waals surface area contributed by atoms with Crippen LogP contribution in [0.2, 0.25) is 0 Å². The average Bonchev–Trinajstić information content (AvgIpc) is 2.35. The zero-order valence-electron chi connectivity index (χ0n) is 9.46. The molecule has 0 unspecified atom stereocenters. The lowest BCUT2D eigenvalue weighted by molar-refractivity contribution is 0.0600. The van der Waals surface area contributed by atoms with Crippen LogP contribution in [0.3, 0.4) is 0 Å². The Hall–Kier alpha value is -1.96. The number of benzene rings is 1. The van der Waals surface area contributed by atoms with Crippen molar-refractivity contribution in [2.24, 2.45) is 0 Å². The molecule has 0 saturated carbocycles. The van der Waals surface area contributed by atoms with Gasteiger partial charge in [-0.3, -0.25) is 0 Å². The minimum absolute atomic E-state index is 0.0404. The van der Waals surface area contributed by atoms with E-state index in [4.69, 9.17) is 5.26 Å². The summed E-state index contributed by atoms with van der Waals surface area (Å²) in [6, 6.07) is 4.17. The van der Waals surface area contributed by atoms with Crippen LogP contribution in [0.4, 0.5) is 8.78 Å². The first-order chi connectivity index (χ1) is 8.04. The Morgan fingerprint density at radius 3 is 2.59 bits per heavy atom. The fraction of sp³-hybridized carbons (Fsp3) is 0.333. The third-order valence-electron chi connectivity index (χ3n) is 2.40. The van der Waals surface area contributed by atoms with E-state index in [2.05, 4.69) is 4.74 Å². The van der Waals surface area contributed by atoms with Gasteiger partial charge in [0.05, 0.1) is 24.3 Å². The van der Waals surface area contributed by atoms with Gasteiger partial charge in [-0.2, -0.15) is 5.26 Å². The molecule has 0 heterocycles. The van der Waals surface area contributed by atoms with E-state index in [-0.39, 0.29) is 11.1 Å². The van der Waals surface area contributed by atoms with Gasteiger partial charge in [0.1, 0.15) is 0 Å². The van der Waals surface area contributed by atoms with Crippen molar-refractivity contribution in [3.63, 3.8) is 0 Å². The summed E-state index contributed by atoms with van der Waals surface area (Å²) < 4.78 is 30.0. The fourth-order valence-corrected chi connectivity index (χ4v) is 1.55. The molecule has 5 heteroatoms. The van der Waals surface area contributed by atoms with Crippen LogP contribution in [0, 0.1) is 11.3 Å². The largest absolute Gasteiger partial charge is 0.465 e. The maximum absolute atomic E-state index is 12.8. The van der Waals surface area contributed by atoms with Crippen molar-refractivity contribution in [2.45, 2.75) is 19.8 Å². The molecule has 0 aliphatic carbocycles. The summed E-state index contributed by atoms with van der Waals surface area (Å²) in [6.45, 7) is 1.73. The second-order valence-electron chi connectivity index (χ2n) is 3.36. The Morgan fingerprint density at radius 2 is 2.18 bits per heavy atom. The molecule has 1 aromatic carbocycles. The summed E-state index contributed by atoms with van der Waals surface area (Å²) in [5, 5.41) is 8.87. The first-order valence-corrected chi connectivity index (χ1v) is 4.98. The van der Waals surface area contributed by atoms with E-state index in [0.29, 0.717) is 12.0 Å². The summed E-state index contributed by atoms with van der Waals surface area (Å²) in [4.78, 5) is 11.3. The van der Waals surface area contributed by atoms with Gasteiger partial charge in [0.15, 0.2) is 0 Å². The van der Waals surface area contributed by atoms with E-state index < -0.39 is 18.0 Å². The lowest BCUT2D eigenvalue weighted by Crippen LogP contribution is -2.06. The second-order valence-corrected chi connectivity index (χ2v) is 3.36. The molecule has 1 rings (SSSR count). The van der Waals surface area contributed by atoms with Gasteiger partial charge in [0.25, 0.3) is 6.43 Å². The summed E-state index contributed by atoms with van der Waals surface area (Å²) in [7, 11) is 1.17. The molecule has 0 fully saturated rings. The smallest absolute Gasteiger partial charge is 0.337 e. The average molecular weight is 239 g/mol. The van der Waals surface area contributed by atoms with Gasteiger partial charge >= 0.3 is 5.97 Å². The standard InChI is InChI=1S/C12H11F2NO2/c1-3-7-4-8(12(16)17-2)5-9(11(13)14)10(7)6-15/h4-5,11H,3H2,1-2H3. The molecule has 0 bridgehead atoms. The molecular formula is C12H11F2NO2. The first kappa shape index (κ1) is 13.1. The number of alkyl halides is 2. The highest BCUT2D eigenvalue weighted by Crippen LogP contribution is 2.27. The van der Waals surface area contributed by atoms with Crippen molar-refractivity contribution in [3.8, 4) is 6.07 Å². The summed E-state index contributed by atoms with van der Waals surface area (Å²) in [6.07, 6.45) is -2.40. The second kappa shape index (κ2) is 5.39.